The summed E-state index contributed by atoms with van der Waals surface area (Å²) in [6, 6.07) is -1.40. The van der Waals surface area contributed by atoms with Crippen molar-refractivity contribution in [3.63, 3.8) is 0 Å². The number of unbranched alkanes of at least 4 members (excludes halogenated alkanes) is 3. The Balaban J connectivity index is 3.88. The smallest absolute Gasteiger partial charge is 0.242 e. The largest absolute Gasteiger partial charge is 0.378 e. The standard InChI is InChI=1S/C22H45N7O3/c1-16(2)29-19(22(32)26-3)12-6-9-15-28-21(31)18(25)11-5-8-14-27-20(30)17(24)10-4-7-13-23/h17-19,29H,1,4-15,23-25H2,2-3H3,(H,26,32)(H,27,30)(H,28,31). The normalized spacial score (nSPS) is 13.5. The van der Waals surface area contributed by atoms with Gasteiger partial charge in [-0.1, -0.05) is 13.0 Å². The summed E-state index contributed by atoms with van der Waals surface area (Å²) >= 11 is 0. The Morgan fingerprint density at radius 2 is 1.25 bits per heavy atom. The number of carbonyl (C=O) groups excluding carboxylic acids is 3. The van der Waals surface area contributed by atoms with Crippen LogP contribution in [0.4, 0.5) is 0 Å². The van der Waals surface area contributed by atoms with Crippen LogP contribution in [0.3, 0.4) is 0 Å². The Hall–Kier alpha value is -2.17. The minimum Gasteiger partial charge on any atom is -0.378 e. The fourth-order valence-corrected chi connectivity index (χ4v) is 3.16. The van der Waals surface area contributed by atoms with E-state index in [1.807, 2.05) is 6.92 Å². The van der Waals surface area contributed by atoms with Crippen molar-refractivity contribution in [3.05, 3.63) is 12.3 Å². The molecule has 32 heavy (non-hydrogen) atoms. The summed E-state index contributed by atoms with van der Waals surface area (Å²) in [6.07, 6.45) is 6.53. The summed E-state index contributed by atoms with van der Waals surface area (Å²) < 4.78 is 0. The molecule has 0 aliphatic rings. The van der Waals surface area contributed by atoms with Crippen LogP contribution in [0.2, 0.25) is 0 Å². The molecule has 0 aliphatic heterocycles. The highest BCUT2D eigenvalue weighted by molar-refractivity contribution is 5.82. The molecule has 0 fully saturated rings. The van der Waals surface area contributed by atoms with Crippen LogP contribution >= 0.6 is 0 Å². The van der Waals surface area contributed by atoms with E-state index >= 15 is 0 Å². The molecular formula is C22H45N7O3. The Kier molecular flexibility index (Phi) is 17.2. The molecule has 0 rings (SSSR count). The van der Waals surface area contributed by atoms with Crippen LogP contribution in [0.1, 0.15) is 64.7 Å². The van der Waals surface area contributed by atoms with Crippen molar-refractivity contribution in [2.24, 2.45) is 17.2 Å². The van der Waals surface area contributed by atoms with E-state index in [2.05, 4.69) is 27.8 Å². The van der Waals surface area contributed by atoms with Gasteiger partial charge in [0.15, 0.2) is 0 Å². The van der Waals surface area contributed by atoms with E-state index in [-0.39, 0.29) is 23.8 Å². The van der Waals surface area contributed by atoms with Crippen molar-refractivity contribution in [1.82, 2.24) is 21.3 Å². The van der Waals surface area contributed by atoms with Crippen molar-refractivity contribution < 1.29 is 14.4 Å². The Morgan fingerprint density at radius 3 is 1.69 bits per heavy atom. The highest BCUT2D eigenvalue weighted by atomic mass is 16.2. The van der Waals surface area contributed by atoms with Gasteiger partial charge in [-0.2, -0.15) is 0 Å². The van der Waals surface area contributed by atoms with Crippen molar-refractivity contribution in [2.75, 3.05) is 26.7 Å². The van der Waals surface area contributed by atoms with E-state index in [1.165, 1.54) is 0 Å². The third-order valence-corrected chi connectivity index (χ3v) is 5.09. The molecule has 0 aliphatic carbocycles. The van der Waals surface area contributed by atoms with Gasteiger partial charge in [-0.15, -0.1) is 0 Å². The monoisotopic (exact) mass is 455 g/mol. The van der Waals surface area contributed by atoms with Crippen molar-refractivity contribution in [1.29, 1.82) is 0 Å². The van der Waals surface area contributed by atoms with Gasteiger partial charge in [-0.3, -0.25) is 14.4 Å². The van der Waals surface area contributed by atoms with E-state index in [0.29, 0.717) is 38.9 Å². The van der Waals surface area contributed by atoms with E-state index < -0.39 is 12.1 Å². The lowest BCUT2D eigenvalue weighted by Crippen LogP contribution is -2.42. The van der Waals surface area contributed by atoms with Gasteiger partial charge in [0.2, 0.25) is 17.7 Å². The number of allylic oxidation sites excluding steroid dienone is 1. The SMILES string of the molecule is C=C(C)NC(CCCCNC(=O)C(N)CCCCNC(=O)C(N)CCCCN)C(=O)NC. The van der Waals surface area contributed by atoms with Crippen LogP contribution in [0.25, 0.3) is 0 Å². The minimum absolute atomic E-state index is 0.0798. The maximum absolute atomic E-state index is 12.1. The molecule has 0 aromatic carbocycles. The molecule has 3 atom stereocenters. The predicted octanol–water partition coefficient (Wildman–Crippen LogP) is -0.419. The fraction of sp³-hybridized carbons (Fsp3) is 0.773. The first-order valence-corrected chi connectivity index (χ1v) is 11.6. The van der Waals surface area contributed by atoms with E-state index in [9.17, 15) is 14.4 Å². The Labute approximate surface area is 192 Å². The summed E-state index contributed by atoms with van der Waals surface area (Å²) in [5.41, 5.74) is 18.0. The molecule has 0 saturated heterocycles. The van der Waals surface area contributed by atoms with Crippen molar-refractivity contribution >= 4 is 17.7 Å². The molecule has 0 spiro atoms. The van der Waals surface area contributed by atoms with Gasteiger partial charge in [0.25, 0.3) is 0 Å². The zero-order valence-electron chi connectivity index (χ0n) is 19.9. The molecule has 10 nitrogen and oxygen atoms in total. The first kappa shape index (κ1) is 29.8. The van der Waals surface area contributed by atoms with Gasteiger partial charge in [0.05, 0.1) is 12.1 Å². The molecule has 3 amide bonds. The highest BCUT2D eigenvalue weighted by Crippen LogP contribution is 2.04. The third kappa shape index (κ3) is 14.8. The second-order valence-corrected chi connectivity index (χ2v) is 8.16. The van der Waals surface area contributed by atoms with Gasteiger partial charge >= 0.3 is 0 Å². The molecule has 0 bridgehead atoms. The lowest BCUT2D eigenvalue weighted by molar-refractivity contribution is -0.123. The second kappa shape index (κ2) is 18.4. The Bertz CT molecular complexity index is 572. The molecule has 10 heteroatoms. The maximum Gasteiger partial charge on any atom is 0.242 e. The van der Waals surface area contributed by atoms with E-state index in [1.54, 1.807) is 7.05 Å². The lowest BCUT2D eigenvalue weighted by Gasteiger charge is -2.18. The average molecular weight is 456 g/mol. The number of hydrogen-bond donors (Lipinski definition) is 7. The number of nitrogens with one attached hydrogen (secondary N) is 4. The van der Waals surface area contributed by atoms with Gasteiger partial charge in [-0.05, 0) is 64.8 Å². The van der Waals surface area contributed by atoms with Gasteiger partial charge in [0.1, 0.15) is 6.04 Å². The first-order chi connectivity index (χ1) is 15.2. The van der Waals surface area contributed by atoms with Crippen molar-refractivity contribution in [3.8, 4) is 0 Å². The van der Waals surface area contributed by atoms with Crippen LogP contribution < -0.4 is 38.5 Å². The summed E-state index contributed by atoms with van der Waals surface area (Å²) in [4.78, 5) is 35.8. The molecule has 0 saturated carbocycles. The average Bonchev–Trinajstić information content (AvgIpc) is 2.76. The number of amides is 3. The molecule has 0 heterocycles. The van der Waals surface area contributed by atoms with Gasteiger partial charge < -0.3 is 38.5 Å². The molecule has 3 unspecified atom stereocenters. The molecule has 0 aromatic rings. The van der Waals surface area contributed by atoms with Gasteiger partial charge in [0, 0.05) is 25.8 Å². The molecule has 0 radical (unpaired) electrons. The lowest BCUT2D eigenvalue weighted by atomic mass is 10.1. The topological polar surface area (TPSA) is 177 Å². The summed E-state index contributed by atoms with van der Waals surface area (Å²) in [5.74, 6) is -0.413. The number of likely N-dealkylation sites (N-methyl/N-ethyl adjacent to an activating group) is 1. The maximum atomic E-state index is 12.1. The predicted molar refractivity (Wildman–Crippen MR) is 128 cm³/mol. The van der Waals surface area contributed by atoms with Crippen molar-refractivity contribution in [2.45, 2.75) is 82.8 Å². The number of carbonyl (C=O) groups is 3. The zero-order chi connectivity index (χ0) is 24.4. The number of rotatable bonds is 19. The summed E-state index contributed by atoms with van der Waals surface area (Å²) in [6.45, 7) is 7.22. The highest BCUT2D eigenvalue weighted by Gasteiger charge is 2.17. The molecule has 10 N–H and O–H groups in total. The van der Waals surface area contributed by atoms with Crippen LogP contribution in [0.5, 0.6) is 0 Å². The zero-order valence-corrected chi connectivity index (χ0v) is 19.9. The summed E-state index contributed by atoms with van der Waals surface area (Å²) in [5, 5.41) is 11.3. The van der Waals surface area contributed by atoms with Crippen LogP contribution in [0, 0.1) is 0 Å². The fourth-order valence-electron chi connectivity index (χ4n) is 3.16. The first-order valence-electron chi connectivity index (χ1n) is 11.6. The van der Waals surface area contributed by atoms with E-state index in [0.717, 1.165) is 44.2 Å². The summed E-state index contributed by atoms with van der Waals surface area (Å²) in [7, 11) is 1.60. The third-order valence-electron chi connectivity index (χ3n) is 5.09. The number of hydrogen-bond acceptors (Lipinski definition) is 7. The van der Waals surface area contributed by atoms with Crippen LogP contribution in [0.15, 0.2) is 12.3 Å². The van der Waals surface area contributed by atoms with E-state index in [4.69, 9.17) is 17.2 Å². The Morgan fingerprint density at radius 1 is 0.781 bits per heavy atom. The quantitative estimate of drug-likeness (QED) is 0.129. The van der Waals surface area contributed by atoms with Crippen LogP contribution in [-0.4, -0.2) is 62.5 Å². The van der Waals surface area contributed by atoms with Gasteiger partial charge in [-0.25, -0.2) is 0 Å². The molecule has 0 aromatic heterocycles. The molecule has 186 valence electrons. The minimum atomic E-state index is -0.576. The molecular weight excluding hydrogens is 410 g/mol. The second-order valence-electron chi connectivity index (χ2n) is 8.16. The van der Waals surface area contributed by atoms with Crippen LogP contribution in [-0.2, 0) is 14.4 Å². The number of nitrogens with two attached hydrogens (primary N) is 3.